The van der Waals surface area contributed by atoms with Crippen molar-refractivity contribution in [2.45, 2.75) is 25.7 Å². The highest BCUT2D eigenvalue weighted by Gasteiger charge is 2.38. The monoisotopic (exact) mass is 578 g/mol. The van der Waals surface area contributed by atoms with Crippen LogP contribution in [0, 0.1) is 6.92 Å². The molecule has 2 aliphatic rings. The van der Waals surface area contributed by atoms with Crippen LogP contribution in [0.4, 0.5) is 0 Å². The molecule has 4 bridgehead atoms. The summed E-state index contributed by atoms with van der Waals surface area (Å²) in [5, 5.41) is 3.03. The Morgan fingerprint density at radius 3 is 2.51 bits per heavy atom. The van der Waals surface area contributed by atoms with Crippen LogP contribution in [0.1, 0.15) is 32.0 Å². The maximum Gasteiger partial charge on any atom is 0.270 e. The second kappa shape index (κ2) is 11.8. The number of nitrogens with zero attached hydrogens (tertiary/aromatic N) is 3. The Balaban J connectivity index is 1.26. The summed E-state index contributed by atoms with van der Waals surface area (Å²) in [5.41, 5.74) is 4.71. The van der Waals surface area contributed by atoms with Crippen molar-refractivity contribution in [3.63, 3.8) is 0 Å². The molecule has 220 valence electrons. The Hall–Kier alpha value is -4.89. The molecule has 1 fully saturated rings. The molecule has 4 aromatic rings. The molecule has 9 nitrogen and oxygen atoms in total. The quantitative estimate of drug-likeness (QED) is 0.381. The average Bonchev–Trinajstić information content (AvgIpc) is 3.59. The lowest BCUT2D eigenvalue weighted by Gasteiger charge is -2.23. The molecule has 0 unspecified atom stereocenters. The molecule has 0 aliphatic carbocycles. The largest absolute Gasteiger partial charge is 0.457 e. The van der Waals surface area contributed by atoms with Crippen LogP contribution in [0.2, 0.25) is 0 Å². The molecule has 1 N–H and O–H groups in total. The summed E-state index contributed by atoms with van der Waals surface area (Å²) < 4.78 is 14.4. The summed E-state index contributed by atoms with van der Waals surface area (Å²) >= 11 is 0. The standard InChI is InChI=1S/C34H34N4O5/c1-22-12-13-25-17-30(22)43-26-11-7-8-23(16-26)21-42-31-19-38(18-27(31)35-32(39)20-36(2)33(25)40)34(41)29-15-14-28(37(29)3)24-9-5-4-6-10-24/h4-17,27,31H,18-21H2,1-3H3,(H,35,39)/t27-,31-/m0/s1. The fourth-order valence-corrected chi connectivity index (χ4v) is 5.67. The second-order valence-corrected chi connectivity index (χ2v) is 11.2. The topological polar surface area (TPSA) is 93.1 Å². The number of carbonyl (C=O) groups is 3. The number of ether oxygens (including phenoxy) is 2. The van der Waals surface area contributed by atoms with E-state index in [1.54, 1.807) is 24.1 Å². The minimum Gasteiger partial charge on any atom is -0.457 e. The van der Waals surface area contributed by atoms with Crippen molar-refractivity contribution in [2.75, 3.05) is 26.7 Å². The van der Waals surface area contributed by atoms with Crippen LogP contribution < -0.4 is 10.1 Å². The number of amides is 3. The maximum absolute atomic E-state index is 13.7. The van der Waals surface area contributed by atoms with E-state index in [0.717, 1.165) is 22.4 Å². The van der Waals surface area contributed by atoms with Gasteiger partial charge in [-0.15, -0.1) is 0 Å². The van der Waals surface area contributed by atoms with Crippen LogP contribution in [0.25, 0.3) is 11.3 Å². The molecule has 3 heterocycles. The Kier molecular flexibility index (Phi) is 7.73. The number of carbonyl (C=O) groups excluding carboxylic acids is 3. The van der Waals surface area contributed by atoms with Gasteiger partial charge in [0.1, 0.15) is 17.2 Å². The average molecular weight is 579 g/mol. The Morgan fingerprint density at radius 2 is 1.70 bits per heavy atom. The van der Waals surface area contributed by atoms with E-state index in [9.17, 15) is 14.4 Å². The zero-order valence-corrected chi connectivity index (χ0v) is 24.4. The number of hydrogen-bond donors (Lipinski definition) is 1. The first-order valence-electron chi connectivity index (χ1n) is 14.3. The smallest absolute Gasteiger partial charge is 0.270 e. The van der Waals surface area contributed by atoms with Crippen LogP contribution in [-0.4, -0.2) is 70.9 Å². The van der Waals surface area contributed by atoms with Gasteiger partial charge in [-0.2, -0.15) is 0 Å². The number of benzene rings is 3. The van der Waals surface area contributed by atoms with Gasteiger partial charge in [0.15, 0.2) is 0 Å². The van der Waals surface area contributed by atoms with Gasteiger partial charge in [0.2, 0.25) is 5.91 Å². The van der Waals surface area contributed by atoms with Crippen molar-refractivity contribution < 1.29 is 23.9 Å². The summed E-state index contributed by atoms with van der Waals surface area (Å²) in [6, 6.07) is 26.1. The zero-order chi connectivity index (χ0) is 30.1. The van der Waals surface area contributed by atoms with Crippen LogP contribution in [0.5, 0.6) is 11.5 Å². The van der Waals surface area contributed by atoms with Crippen LogP contribution in [-0.2, 0) is 23.2 Å². The Bertz CT molecular complexity index is 1680. The summed E-state index contributed by atoms with van der Waals surface area (Å²) in [5.74, 6) is 0.426. The van der Waals surface area contributed by atoms with E-state index >= 15 is 0 Å². The van der Waals surface area contributed by atoms with E-state index in [2.05, 4.69) is 5.32 Å². The summed E-state index contributed by atoms with van der Waals surface area (Å²) in [6.07, 6.45) is -0.449. The SMILES string of the molecule is Cc1ccc2cc1Oc1cccc(c1)CO[C@H]1CN(C(=O)c3ccc(-c4ccccc4)n3C)C[C@@H]1NC(=O)CN(C)C2=O. The number of aromatic nitrogens is 1. The summed E-state index contributed by atoms with van der Waals surface area (Å²) in [6.45, 7) is 2.64. The third kappa shape index (κ3) is 5.89. The molecule has 6 rings (SSSR count). The van der Waals surface area contributed by atoms with Gasteiger partial charge in [-0.05, 0) is 60.0 Å². The van der Waals surface area contributed by atoms with Crippen LogP contribution >= 0.6 is 0 Å². The lowest BCUT2D eigenvalue weighted by molar-refractivity contribution is -0.123. The molecule has 0 spiro atoms. The zero-order valence-electron chi connectivity index (χ0n) is 24.4. The summed E-state index contributed by atoms with van der Waals surface area (Å²) in [7, 11) is 3.47. The molecule has 9 heteroatoms. The molecule has 0 radical (unpaired) electrons. The summed E-state index contributed by atoms with van der Waals surface area (Å²) in [4.78, 5) is 43.2. The first kappa shape index (κ1) is 28.2. The number of likely N-dealkylation sites (tertiary alicyclic amines) is 1. The molecule has 3 amide bonds. The number of likely N-dealkylation sites (N-methyl/N-ethyl adjacent to an activating group) is 1. The Labute approximate surface area is 250 Å². The van der Waals surface area contributed by atoms with Gasteiger partial charge in [0.05, 0.1) is 25.3 Å². The highest BCUT2D eigenvalue weighted by molar-refractivity contribution is 5.97. The molecular weight excluding hydrogens is 544 g/mol. The number of nitrogens with one attached hydrogen (secondary N) is 1. The van der Waals surface area contributed by atoms with E-state index in [4.69, 9.17) is 9.47 Å². The van der Waals surface area contributed by atoms with Gasteiger partial charge in [0, 0.05) is 38.4 Å². The van der Waals surface area contributed by atoms with E-state index in [0.29, 0.717) is 29.3 Å². The molecule has 3 aromatic carbocycles. The Morgan fingerprint density at radius 1 is 0.884 bits per heavy atom. The molecule has 1 saturated heterocycles. The third-order valence-corrected chi connectivity index (χ3v) is 8.06. The third-order valence-electron chi connectivity index (χ3n) is 8.06. The van der Waals surface area contributed by atoms with Crippen molar-refractivity contribution in [2.24, 2.45) is 7.05 Å². The van der Waals surface area contributed by atoms with Crippen LogP contribution in [0.15, 0.2) is 84.9 Å². The van der Waals surface area contributed by atoms with Gasteiger partial charge in [0.25, 0.3) is 11.8 Å². The molecule has 0 saturated carbocycles. The number of rotatable bonds is 2. The van der Waals surface area contributed by atoms with Gasteiger partial charge in [-0.25, -0.2) is 0 Å². The lowest BCUT2D eigenvalue weighted by Crippen LogP contribution is -2.48. The first-order valence-corrected chi connectivity index (χ1v) is 14.3. The van der Waals surface area contributed by atoms with Crippen LogP contribution in [0.3, 0.4) is 0 Å². The van der Waals surface area contributed by atoms with E-state index in [-0.39, 0.29) is 37.4 Å². The number of aryl methyl sites for hydroxylation is 1. The van der Waals surface area contributed by atoms with Crippen molar-refractivity contribution in [1.29, 1.82) is 0 Å². The van der Waals surface area contributed by atoms with Crippen molar-refractivity contribution in [3.05, 3.63) is 107 Å². The maximum atomic E-state index is 13.7. The van der Waals surface area contributed by atoms with E-state index < -0.39 is 12.1 Å². The molecule has 43 heavy (non-hydrogen) atoms. The van der Waals surface area contributed by atoms with Gasteiger partial charge in [-0.1, -0.05) is 48.5 Å². The molecular formula is C34H34N4O5. The minimum atomic E-state index is -0.452. The lowest BCUT2D eigenvalue weighted by atomic mass is 10.1. The van der Waals surface area contributed by atoms with Crippen molar-refractivity contribution in [3.8, 4) is 22.8 Å². The fourth-order valence-electron chi connectivity index (χ4n) is 5.67. The van der Waals surface area contributed by atoms with Gasteiger partial charge in [-0.3, -0.25) is 14.4 Å². The minimum absolute atomic E-state index is 0.141. The number of hydrogen-bond acceptors (Lipinski definition) is 5. The predicted molar refractivity (Wildman–Crippen MR) is 162 cm³/mol. The highest BCUT2D eigenvalue weighted by Crippen LogP contribution is 2.29. The molecule has 2 aliphatic heterocycles. The van der Waals surface area contributed by atoms with Crippen molar-refractivity contribution >= 4 is 17.7 Å². The highest BCUT2D eigenvalue weighted by atomic mass is 16.5. The van der Waals surface area contributed by atoms with Gasteiger partial charge < -0.3 is 29.2 Å². The second-order valence-electron chi connectivity index (χ2n) is 11.2. The normalized spacial score (nSPS) is 19.0. The number of fused-ring (bicyclic) bond motifs is 5. The fraction of sp³-hybridized carbons (Fsp3) is 0.265. The first-order chi connectivity index (χ1) is 20.8. The molecule has 2 atom stereocenters. The van der Waals surface area contributed by atoms with E-state index in [1.807, 2.05) is 91.3 Å². The predicted octanol–water partition coefficient (Wildman–Crippen LogP) is 4.40. The van der Waals surface area contributed by atoms with E-state index in [1.165, 1.54) is 4.90 Å². The van der Waals surface area contributed by atoms with Gasteiger partial charge >= 0.3 is 0 Å². The molecule has 1 aromatic heterocycles. The van der Waals surface area contributed by atoms with Crippen molar-refractivity contribution in [1.82, 2.24) is 19.7 Å².